The van der Waals surface area contributed by atoms with Crippen LogP contribution in [-0.4, -0.2) is 35.7 Å². The molecule has 0 saturated heterocycles. The third-order valence-electron chi connectivity index (χ3n) is 3.14. The van der Waals surface area contributed by atoms with Gasteiger partial charge in [0.1, 0.15) is 5.75 Å². The first-order chi connectivity index (χ1) is 10.7. The average molecular weight is 300 g/mol. The van der Waals surface area contributed by atoms with Gasteiger partial charge in [-0.2, -0.15) is 0 Å². The van der Waals surface area contributed by atoms with Gasteiger partial charge in [-0.3, -0.25) is 0 Å². The number of benzene rings is 2. The van der Waals surface area contributed by atoms with Gasteiger partial charge >= 0.3 is 6.03 Å². The molecule has 0 aliphatic rings. The smallest absolute Gasteiger partial charge is 0.322 e. The van der Waals surface area contributed by atoms with E-state index in [2.05, 4.69) is 5.32 Å². The first-order valence-corrected chi connectivity index (χ1v) is 7.23. The molecular formula is C17H20N2O3. The van der Waals surface area contributed by atoms with Crippen LogP contribution in [-0.2, 0) is 0 Å². The Bertz CT molecular complexity index is 602. The quantitative estimate of drug-likeness (QED) is 0.860. The summed E-state index contributed by atoms with van der Waals surface area (Å²) in [6.45, 7) is 2.61. The van der Waals surface area contributed by atoms with Crippen LogP contribution in [0.3, 0.4) is 0 Å². The van der Waals surface area contributed by atoms with Crippen molar-refractivity contribution in [1.82, 2.24) is 4.90 Å². The Morgan fingerprint density at radius 1 is 1.14 bits per heavy atom. The largest absolute Gasteiger partial charge is 0.455 e. The molecule has 0 aliphatic heterocycles. The van der Waals surface area contributed by atoms with E-state index in [9.17, 15) is 4.79 Å². The number of urea groups is 1. The van der Waals surface area contributed by atoms with Crippen LogP contribution >= 0.6 is 0 Å². The highest BCUT2D eigenvalue weighted by Crippen LogP contribution is 2.29. The lowest BCUT2D eigenvalue weighted by Crippen LogP contribution is -2.36. The molecule has 5 nitrogen and oxygen atoms in total. The van der Waals surface area contributed by atoms with Gasteiger partial charge in [-0.15, -0.1) is 0 Å². The summed E-state index contributed by atoms with van der Waals surface area (Å²) in [5, 5.41) is 11.8. The number of hydrogen-bond acceptors (Lipinski definition) is 3. The lowest BCUT2D eigenvalue weighted by molar-refractivity contribution is 0.192. The van der Waals surface area contributed by atoms with Crippen LogP contribution in [0.2, 0.25) is 0 Å². The van der Waals surface area contributed by atoms with Crippen molar-refractivity contribution in [2.45, 2.75) is 6.92 Å². The Morgan fingerprint density at radius 2 is 1.82 bits per heavy atom. The van der Waals surface area contributed by atoms with Crippen molar-refractivity contribution in [3.8, 4) is 11.5 Å². The van der Waals surface area contributed by atoms with E-state index in [0.29, 0.717) is 30.3 Å². The molecule has 22 heavy (non-hydrogen) atoms. The second-order valence-electron chi connectivity index (χ2n) is 4.64. The minimum absolute atomic E-state index is 0.0660. The molecule has 0 saturated carbocycles. The van der Waals surface area contributed by atoms with Gasteiger partial charge in [0.15, 0.2) is 5.75 Å². The van der Waals surface area contributed by atoms with Crippen LogP contribution in [0.5, 0.6) is 11.5 Å². The predicted molar refractivity (Wildman–Crippen MR) is 86.3 cm³/mol. The number of ether oxygens (including phenoxy) is 1. The molecule has 2 N–H and O–H groups in total. The normalized spacial score (nSPS) is 10.1. The van der Waals surface area contributed by atoms with Crippen LogP contribution in [0.25, 0.3) is 0 Å². The van der Waals surface area contributed by atoms with Gasteiger partial charge in [0, 0.05) is 13.1 Å². The number of carbonyl (C=O) groups excluding carboxylic acids is 1. The minimum atomic E-state index is -0.263. The van der Waals surface area contributed by atoms with E-state index in [0.717, 1.165) is 0 Å². The van der Waals surface area contributed by atoms with Crippen molar-refractivity contribution in [2.75, 3.05) is 25.0 Å². The van der Waals surface area contributed by atoms with Gasteiger partial charge in [0.05, 0.1) is 12.3 Å². The number of carbonyl (C=O) groups is 1. The Morgan fingerprint density at radius 3 is 2.50 bits per heavy atom. The summed E-state index contributed by atoms with van der Waals surface area (Å²) in [5.74, 6) is 1.27. The second kappa shape index (κ2) is 8.05. The van der Waals surface area contributed by atoms with Crippen molar-refractivity contribution in [1.29, 1.82) is 0 Å². The lowest BCUT2D eigenvalue weighted by atomic mass is 10.3. The molecule has 2 aromatic carbocycles. The number of rotatable bonds is 6. The summed E-state index contributed by atoms with van der Waals surface area (Å²) >= 11 is 0. The van der Waals surface area contributed by atoms with Gasteiger partial charge < -0.3 is 20.1 Å². The predicted octanol–water partition coefficient (Wildman–Crippen LogP) is 3.33. The van der Waals surface area contributed by atoms with Crippen LogP contribution in [0.4, 0.5) is 10.5 Å². The first-order valence-electron chi connectivity index (χ1n) is 7.23. The van der Waals surface area contributed by atoms with E-state index in [4.69, 9.17) is 9.84 Å². The zero-order valence-electron chi connectivity index (χ0n) is 12.5. The Hall–Kier alpha value is -2.53. The monoisotopic (exact) mass is 300 g/mol. The van der Waals surface area contributed by atoms with E-state index >= 15 is 0 Å². The molecule has 0 heterocycles. The number of anilines is 1. The number of hydrogen-bond donors (Lipinski definition) is 2. The minimum Gasteiger partial charge on any atom is -0.455 e. The molecule has 2 amide bonds. The van der Waals surface area contributed by atoms with Gasteiger partial charge in [0.25, 0.3) is 0 Å². The first kappa shape index (κ1) is 15.9. The Balaban J connectivity index is 2.13. The van der Waals surface area contributed by atoms with Gasteiger partial charge in [-0.25, -0.2) is 4.79 Å². The molecule has 0 atom stereocenters. The average Bonchev–Trinajstić information content (AvgIpc) is 2.55. The fourth-order valence-corrected chi connectivity index (χ4v) is 1.99. The van der Waals surface area contributed by atoms with Crippen LogP contribution in [0, 0.1) is 0 Å². The number of nitrogens with one attached hydrogen (secondary N) is 1. The summed E-state index contributed by atoms with van der Waals surface area (Å²) in [6, 6.07) is 16.4. The molecule has 0 radical (unpaired) electrons. The third kappa shape index (κ3) is 4.23. The zero-order valence-corrected chi connectivity index (χ0v) is 12.5. The fraction of sp³-hybridized carbons (Fsp3) is 0.235. The third-order valence-corrected chi connectivity index (χ3v) is 3.14. The maximum atomic E-state index is 12.2. The highest BCUT2D eigenvalue weighted by Gasteiger charge is 2.13. The molecule has 0 fully saturated rings. The van der Waals surface area contributed by atoms with Crippen molar-refractivity contribution in [3.05, 3.63) is 54.6 Å². The van der Waals surface area contributed by atoms with Crippen LogP contribution in [0.1, 0.15) is 6.92 Å². The number of aliphatic hydroxyl groups excluding tert-OH is 1. The van der Waals surface area contributed by atoms with Gasteiger partial charge in [-0.1, -0.05) is 30.3 Å². The van der Waals surface area contributed by atoms with Crippen LogP contribution < -0.4 is 10.1 Å². The number of amides is 2. The van der Waals surface area contributed by atoms with Crippen molar-refractivity contribution in [3.63, 3.8) is 0 Å². The van der Waals surface area contributed by atoms with E-state index in [-0.39, 0.29) is 12.6 Å². The molecule has 2 aromatic rings. The van der Waals surface area contributed by atoms with Crippen molar-refractivity contribution >= 4 is 11.7 Å². The zero-order chi connectivity index (χ0) is 15.8. The van der Waals surface area contributed by atoms with E-state index in [1.165, 1.54) is 4.90 Å². The molecule has 116 valence electrons. The number of para-hydroxylation sites is 3. The molecule has 0 unspecified atom stereocenters. The number of likely N-dealkylation sites (N-methyl/N-ethyl adjacent to an activating group) is 1. The molecule has 0 bridgehead atoms. The maximum absolute atomic E-state index is 12.2. The summed E-state index contributed by atoms with van der Waals surface area (Å²) in [5.41, 5.74) is 0.591. The highest BCUT2D eigenvalue weighted by atomic mass is 16.5. The van der Waals surface area contributed by atoms with Gasteiger partial charge in [0.2, 0.25) is 0 Å². The second-order valence-corrected chi connectivity index (χ2v) is 4.64. The summed E-state index contributed by atoms with van der Waals surface area (Å²) in [6.07, 6.45) is 0. The van der Waals surface area contributed by atoms with Gasteiger partial charge in [-0.05, 0) is 31.2 Å². The SMILES string of the molecule is CCN(CCO)C(=O)Nc1ccccc1Oc1ccccc1. The van der Waals surface area contributed by atoms with E-state index in [1.807, 2.05) is 49.4 Å². The van der Waals surface area contributed by atoms with Crippen molar-refractivity contribution in [2.24, 2.45) is 0 Å². The maximum Gasteiger partial charge on any atom is 0.322 e. The number of aliphatic hydroxyl groups is 1. The topological polar surface area (TPSA) is 61.8 Å². The molecular weight excluding hydrogens is 280 g/mol. The Labute approximate surface area is 130 Å². The van der Waals surface area contributed by atoms with Crippen LogP contribution in [0.15, 0.2) is 54.6 Å². The highest BCUT2D eigenvalue weighted by molar-refractivity contribution is 5.91. The summed E-state index contributed by atoms with van der Waals surface area (Å²) < 4.78 is 5.80. The van der Waals surface area contributed by atoms with E-state index < -0.39 is 0 Å². The van der Waals surface area contributed by atoms with E-state index in [1.54, 1.807) is 12.1 Å². The Kier molecular flexibility index (Phi) is 5.80. The molecule has 5 heteroatoms. The number of nitrogens with zero attached hydrogens (tertiary/aromatic N) is 1. The molecule has 0 aromatic heterocycles. The molecule has 0 aliphatic carbocycles. The summed E-state index contributed by atoms with van der Waals surface area (Å²) in [7, 11) is 0. The molecule has 2 rings (SSSR count). The standard InChI is InChI=1S/C17H20N2O3/c1-2-19(12-13-20)17(21)18-15-10-6-7-11-16(15)22-14-8-4-3-5-9-14/h3-11,20H,2,12-13H2,1H3,(H,18,21). The van der Waals surface area contributed by atoms with Crippen molar-refractivity contribution < 1.29 is 14.6 Å². The fourth-order valence-electron chi connectivity index (χ4n) is 1.99. The summed E-state index contributed by atoms with van der Waals surface area (Å²) in [4.78, 5) is 13.7. The lowest BCUT2D eigenvalue weighted by Gasteiger charge is -2.21. The molecule has 0 spiro atoms.